The van der Waals surface area contributed by atoms with E-state index in [0.717, 1.165) is 10.5 Å². The van der Waals surface area contributed by atoms with E-state index in [1.807, 2.05) is 108 Å². The summed E-state index contributed by atoms with van der Waals surface area (Å²) < 4.78 is 0. The maximum absolute atomic E-state index is 2.21. The highest BCUT2D eigenvalue weighted by atomic mass is 33.2. The summed E-state index contributed by atoms with van der Waals surface area (Å²) in [5, 5.41) is 5.54. The van der Waals surface area contributed by atoms with Crippen LogP contribution in [0.1, 0.15) is 21.6 Å². The first-order valence-corrected chi connectivity index (χ1v) is 21.1. The van der Waals surface area contributed by atoms with E-state index in [1.54, 1.807) is 0 Å². The van der Waals surface area contributed by atoms with Gasteiger partial charge in [-0.3, -0.25) is 0 Å². The van der Waals surface area contributed by atoms with Gasteiger partial charge < -0.3 is 0 Å². The van der Waals surface area contributed by atoms with Crippen molar-refractivity contribution in [3.63, 3.8) is 0 Å². The predicted octanol–water partition coefficient (Wildman–Crippen LogP) is 10.3. The Balaban J connectivity index is 0.000000117. The molecular weight excluding hydrogens is 549 g/mol. The van der Waals surface area contributed by atoms with Crippen molar-refractivity contribution in [2.45, 2.75) is 10.5 Å². The Morgan fingerprint density at radius 1 is 0.448 bits per heavy atom. The highest BCUT2D eigenvalue weighted by molar-refractivity contribution is 8.92. The van der Waals surface area contributed by atoms with Gasteiger partial charge >= 0.3 is 0 Å². The summed E-state index contributed by atoms with van der Waals surface area (Å²) in [7, 11) is 19.4. The molecule has 0 N–H and O–H groups in total. The molecule has 0 saturated carbocycles. The molecule has 5 aliphatic rings. The first-order valence-electron chi connectivity index (χ1n) is 8.83. The molecule has 2 aromatic carbocycles. The summed E-state index contributed by atoms with van der Waals surface area (Å²) >= 11 is 0. The standard InChI is InChI=1S/2C8H8S2.3CH2S2/c2*1-2-4-7(5-3-1)8-6-9-10-8;3*1-2-3-1/h2*1-5,8H,6H2;3*1H2. The van der Waals surface area contributed by atoms with Crippen molar-refractivity contribution in [2.24, 2.45) is 0 Å². The molecule has 158 valence electrons. The van der Waals surface area contributed by atoms with Gasteiger partial charge in [-0.1, -0.05) is 169 Å². The summed E-state index contributed by atoms with van der Waals surface area (Å²) in [5.41, 5.74) is 2.96. The van der Waals surface area contributed by atoms with Gasteiger partial charge in [0.1, 0.15) is 0 Å². The molecule has 5 saturated heterocycles. The van der Waals surface area contributed by atoms with E-state index in [9.17, 15) is 0 Å². The average Bonchev–Trinajstić information content (AvgIpc) is 3.56. The van der Waals surface area contributed by atoms with Crippen LogP contribution in [0.4, 0.5) is 0 Å². The molecule has 5 aliphatic heterocycles. The SMILES string of the molecule is C1SS1.C1SS1.C1SS1.c1ccc(C2CSS2)cc1.c1ccc(C2CSS2)cc1. The Kier molecular flexibility index (Phi) is 14.6. The third-order valence-corrected chi connectivity index (χ3v) is 12.3. The van der Waals surface area contributed by atoms with E-state index in [0.29, 0.717) is 0 Å². The monoisotopic (exact) mass is 570 g/mol. The molecular formula is C19H22S10. The molecule has 0 amide bonds. The van der Waals surface area contributed by atoms with Crippen molar-refractivity contribution < 1.29 is 0 Å². The minimum absolute atomic E-state index is 0.770. The lowest BCUT2D eigenvalue weighted by atomic mass is 10.2. The molecule has 29 heavy (non-hydrogen) atoms. The number of hydrogen-bond acceptors (Lipinski definition) is 10. The quantitative estimate of drug-likeness (QED) is 0.251. The van der Waals surface area contributed by atoms with Crippen molar-refractivity contribution in [3.8, 4) is 0 Å². The van der Waals surface area contributed by atoms with E-state index in [-0.39, 0.29) is 0 Å². The van der Waals surface area contributed by atoms with E-state index >= 15 is 0 Å². The molecule has 10 heteroatoms. The van der Waals surface area contributed by atoms with Gasteiger partial charge in [-0.25, -0.2) is 0 Å². The zero-order valence-corrected chi connectivity index (χ0v) is 23.7. The zero-order valence-electron chi connectivity index (χ0n) is 15.5. The fourth-order valence-electron chi connectivity index (χ4n) is 1.91. The van der Waals surface area contributed by atoms with Crippen LogP contribution < -0.4 is 0 Å². The van der Waals surface area contributed by atoms with E-state index in [4.69, 9.17) is 0 Å². The average molecular weight is 571 g/mol. The van der Waals surface area contributed by atoms with Crippen molar-refractivity contribution in [1.82, 2.24) is 0 Å². The van der Waals surface area contributed by atoms with Gasteiger partial charge in [0.25, 0.3) is 0 Å². The molecule has 0 nitrogen and oxygen atoms in total. The van der Waals surface area contributed by atoms with E-state index in [1.165, 1.54) is 37.9 Å². The summed E-state index contributed by atoms with van der Waals surface area (Å²) in [6, 6.07) is 21.4. The van der Waals surface area contributed by atoms with Crippen molar-refractivity contribution >= 4 is 108 Å². The van der Waals surface area contributed by atoms with Crippen molar-refractivity contribution in [1.29, 1.82) is 0 Å². The normalized spacial score (nSPS) is 23.9. The summed E-state index contributed by atoms with van der Waals surface area (Å²) in [6.07, 6.45) is 0. The number of benzene rings is 2. The topological polar surface area (TPSA) is 0 Å². The van der Waals surface area contributed by atoms with Gasteiger partial charge in [-0.15, -0.1) is 0 Å². The molecule has 0 aliphatic carbocycles. The second-order valence-electron chi connectivity index (χ2n) is 5.62. The molecule has 0 radical (unpaired) electrons. The van der Waals surface area contributed by atoms with Crippen LogP contribution in [0.25, 0.3) is 0 Å². The molecule has 2 aromatic rings. The van der Waals surface area contributed by atoms with Crippen LogP contribution >= 0.6 is 108 Å². The van der Waals surface area contributed by atoms with Crippen LogP contribution in [0.5, 0.6) is 0 Å². The minimum Gasteiger partial charge on any atom is -0.0920 e. The minimum atomic E-state index is 0.770. The lowest BCUT2D eigenvalue weighted by molar-refractivity contribution is 1.12. The Hall–Kier alpha value is 1.94. The van der Waals surface area contributed by atoms with Crippen molar-refractivity contribution in [2.75, 3.05) is 26.8 Å². The van der Waals surface area contributed by atoms with Crippen LogP contribution in [0.15, 0.2) is 60.7 Å². The Morgan fingerprint density at radius 3 is 0.897 bits per heavy atom. The maximum atomic E-state index is 2.21. The summed E-state index contributed by atoms with van der Waals surface area (Å²) in [5.74, 6) is 2.57. The highest BCUT2D eigenvalue weighted by Crippen LogP contribution is 2.51. The van der Waals surface area contributed by atoms with E-state index < -0.39 is 0 Å². The number of hydrogen-bond donors (Lipinski definition) is 0. The summed E-state index contributed by atoms with van der Waals surface area (Å²) in [6.45, 7) is 0. The Morgan fingerprint density at radius 2 is 0.724 bits per heavy atom. The fraction of sp³-hybridized carbons (Fsp3) is 0.368. The van der Waals surface area contributed by atoms with Crippen LogP contribution in [0, 0.1) is 0 Å². The first-order chi connectivity index (χ1) is 14.4. The van der Waals surface area contributed by atoms with Crippen LogP contribution in [0.2, 0.25) is 0 Å². The lowest BCUT2D eigenvalue weighted by Gasteiger charge is -2.23. The second-order valence-corrected chi connectivity index (χ2v) is 19.3. The molecule has 5 fully saturated rings. The van der Waals surface area contributed by atoms with Crippen LogP contribution in [-0.2, 0) is 0 Å². The van der Waals surface area contributed by atoms with E-state index in [2.05, 4.69) is 60.7 Å². The lowest BCUT2D eigenvalue weighted by Crippen LogP contribution is -2.02. The van der Waals surface area contributed by atoms with Crippen molar-refractivity contribution in [3.05, 3.63) is 71.8 Å². The largest absolute Gasteiger partial charge is 0.0920 e. The molecule has 0 bridgehead atoms. The third kappa shape index (κ3) is 13.9. The van der Waals surface area contributed by atoms with Gasteiger partial charge in [0.15, 0.2) is 0 Å². The highest BCUT2D eigenvalue weighted by Gasteiger charge is 2.21. The zero-order chi connectivity index (χ0) is 20.0. The molecule has 2 atom stereocenters. The summed E-state index contributed by atoms with van der Waals surface area (Å²) in [4.78, 5) is 0. The molecule has 5 heterocycles. The molecule has 0 aromatic heterocycles. The van der Waals surface area contributed by atoms with Gasteiger partial charge in [0, 0.05) is 22.0 Å². The first kappa shape index (κ1) is 25.6. The second kappa shape index (κ2) is 16.5. The smallest absolute Gasteiger partial charge is 0.0600 e. The van der Waals surface area contributed by atoms with Gasteiger partial charge in [-0.2, -0.15) is 0 Å². The Labute approximate surface area is 214 Å². The predicted molar refractivity (Wildman–Crippen MR) is 159 cm³/mol. The third-order valence-electron chi connectivity index (χ3n) is 3.50. The number of rotatable bonds is 2. The molecule has 7 rings (SSSR count). The van der Waals surface area contributed by atoms with Gasteiger partial charge in [-0.05, 0) is 11.1 Å². The van der Waals surface area contributed by atoms with Crippen LogP contribution in [-0.4, -0.2) is 26.8 Å². The maximum Gasteiger partial charge on any atom is 0.0600 e. The van der Waals surface area contributed by atoms with Crippen LogP contribution in [0.3, 0.4) is 0 Å². The van der Waals surface area contributed by atoms with Gasteiger partial charge in [0.05, 0.1) is 15.3 Å². The van der Waals surface area contributed by atoms with Gasteiger partial charge in [0.2, 0.25) is 0 Å². The molecule has 2 unspecified atom stereocenters. The fourth-order valence-corrected chi connectivity index (χ4v) is 5.68. The molecule has 0 spiro atoms. The Bertz CT molecular complexity index is 571.